The molecule has 0 aliphatic carbocycles. The van der Waals surface area contributed by atoms with Gasteiger partial charge in [0.2, 0.25) is 8.32 Å². The van der Waals surface area contributed by atoms with E-state index in [-0.39, 0.29) is 38.8 Å². The first-order valence-electron chi connectivity index (χ1n) is 25.8. The maximum atomic E-state index is 12.6. The monoisotopic (exact) mass is 973 g/mol. The normalized spacial score (nSPS) is 18.7. The van der Waals surface area contributed by atoms with Gasteiger partial charge in [-0.05, 0) is 120 Å². The fourth-order valence-electron chi connectivity index (χ4n) is 9.52. The lowest BCUT2D eigenvalue weighted by Gasteiger charge is -2.61. The molecular formula is C51H108O7Si5. The topological polar surface area (TPSA) is 80.3 Å². The fraction of sp³-hybridized carbons (Fsp3) is 0.961. The molecule has 0 N–H and O–H groups in total. The van der Waals surface area contributed by atoms with Crippen molar-refractivity contribution < 1.29 is 32.0 Å². The van der Waals surface area contributed by atoms with Gasteiger partial charge >= 0.3 is 11.9 Å². The van der Waals surface area contributed by atoms with Crippen molar-refractivity contribution in [2.45, 2.75) is 308 Å². The van der Waals surface area contributed by atoms with Crippen LogP contribution in [0.2, 0.25) is 87.6 Å². The molecular weight excluding hydrogens is 865 g/mol. The molecule has 0 aromatic heterocycles. The number of esters is 2. The van der Waals surface area contributed by atoms with Crippen LogP contribution in [0.5, 0.6) is 0 Å². The minimum atomic E-state index is -2.82. The Bertz CT molecular complexity index is 1410. The SMILES string of the molecule is CCCCCCCCCCCCCCCC[Si](C)(OC(C)(C)[Si](C)(C)C)C(C)(C)C(C)(C)O[Si](C)(CCCC1CC(=O)OC1=O)C(C)(C)C(C)(C)O[Si](C)(C)C(C)(C)O[Si](C)(C)C. The number of hydrogen-bond acceptors (Lipinski definition) is 7. The summed E-state index contributed by atoms with van der Waals surface area (Å²) in [7, 11) is -11.4. The second-order valence-corrected chi connectivity index (χ2v) is 49.4. The molecule has 0 amide bonds. The summed E-state index contributed by atoms with van der Waals surface area (Å²) in [5, 5.41) is -1.21. The third kappa shape index (κ3) is 17.2. The minimum absolute atomic E-state index is 0.174. The standard InChI is InChI=1S/C51H108O7Si5/c1-24-25-26-27-28-29-30-31-32-33-34-35-36-37-40-63(23,58-50(10,11)59(14,15)16)49(8,9)47(4,5)56-62(22,41-38-39-43-42-44(52)54-45(43)53)48(6,7)46(2,3)55-61(20,21)51(12,13)57-60(17,18)19/h43H,24-42H2,1-23H3. The van der Waals surface area contributed by atoms with Crippen molar-refractivity contribution in [3.63, 3.8) is 0 Å². The van der Waals surface area contributed by atoms with Crippen LogP contribution in [0.15, 0.2) is 0 Å². The number of hydrogen-bond donors (Lipinski definition) is 0. The second-order valence-electron chi connectivity index (χ2n) is 26.0. The third-order valence-corrected chi connectivity index (χ3v) is 37.4. The van der Waals surface area contributed by atoms with E-state index in [0.29, 0.717) is 6.42 Å². The molecule has 1 rings (SSSR count). The Kier molecular flexibility index (Phi) is 22.9. The van der Waals surface area contributed by atoms with Crippen molar-refractivity contribution in [2.75, 3.05) is 0 Å². The summed E-state index contributed by atoms with van der Waals surface area (Å²) < 4.78 is 35.2. The van der Waals surface area contributed by atoms with E-state index in [1.54, 1.807) is 0 Å². The number of unbranched alkanes of at least 4 members (excludes halogenated alkanes) is 13. The molecule has 12 heteroatoms. The molecule has 1 aliphatic rings. The van der Waals surface area contributed by atoms with E-state index in [1.165, 1.54) is 89.9 Å². The van der Waals surface area contributed by atoms with Crippen molar-refractivity contribution in [2.24, 2.45) is 5.92 Å². The third-order valence-electron chi connectivity index (χ3n) is 17.1. The van der Waals surface area contributed by atoms with Gasteiger partial charge in [0.25, 0.3) is 0 Å². The van der Waals surface area contributed by atoms with Crippen LogP contribution in [0.1, 0.15) is 199 Å². The van der Waals surface area contributed by atoms with Gasteiger partial charge in [0.15, 0.2) is 25.0 Å². The van der Waals surface area contributed by atoms with E-state index in [0.717, 1.165) is 18.5 Å². The Morgan fingerprint density at radius 1 is 0.492 bits per heavy atom. The summed E-state index contributed by atoms with van der Waals surface area (Å²) in [6.07, 6.45) is 20.5. The van der Waals surface area contributed by atoms with E-state index < -0.39 is 58.5 Å². The molecule has 0 bridgehead atoms. The van der Waals surface area contributed by atoms with Crippen molar-refractivity contribution in [1.29, 1.82) is 0 Å². The van der Waals surface area contributed by atoms with Gasteiger partial charge in [-0.15, -0.1) is 0 Å². The highest BCUT2D eigenvalue weighted by Crippen LogP contribution is 2.59. The summed E-state index contributed by atoms with van der Waals surface area (Å²) in [5.41, 5.74) is -1.10. The maximum Gasteiger partial charge on any atom is 0.317 e. The van der Waals surface area contributed by atoms with Gasteiger partial charge in [0, 0.05) is 15.3 Å². The lowest BCUT2D eigenvalue weighted by Crippen LogP contribution is -2.68. The molecule has 0 spiro atoms. The molecule has 3 unspecified atom stereocenters. The van der Waals surface area contributed by atoms with E-state index in [2.05, 4.69) is 155 Å². The van der Waals surface area contributed by atoms with E-state index >= 15 is 0 Å². The average Bonchev–Trinajstić information content (AvgIpc) is 3.41. The molecule has 0 saturated carbocycles. The number of carbonyl (C=O) groups excluding carboxylic acids is 2. The molecule has 1 fully saturated rings. The van der Waals surface area contributed by atoms with Crippen molar-refractivity contribution in [3.8, 4) is 0 Å². The van der Waals surface area contributed by atoms with E-state index in [1.807, 2.05) is 0 Å². The zero-order valence-electron chi connectivity index (χ0n) is 46.4. The predicted molar refractivity (Wildman–Crippen MR) is 285 cm³/mol. The first-order chi connectivity index (χ1) is 28.3. The van der Waals surface area contributed by atoms with Crippen LogP contribution in [0.4, 0.5) is 0 Å². The minimum Gasteiger partial charge on any atom is -0.414 e. The number of cyclic esters (lactones) is 2. The number of carbonyl (C=O) groups is 2. The van der Waals surface area contributed by atoms with Gasteiger partial charge in [-0.3, -0.25) is 9.59 Å². The van der Waals surface area contributed by atoms with Gasteiger partial charge in [0.05, 0.1) is 36.8 Å². The van der Waals surface area contributed by atoms with Gasteiger partial charge in [-0.1, -0.05) is 151 Å². The second kappa shape index (κ2) is 23.6. The zero-order valence-corrected chi connectivity index (χ0v) is 51.4. The molecule has 1 saturated heterocycles. The van der Waals surface area contributed by atoms with Crippen LogP contribution in [-0.4, -0.2) is 74.9 Å². The largest absolute Gasteiger partial charge is 0.414 e. The predicted octanol–water partition coefficient (Wildman–Crippen LogP) is 16.7. The molecule has 1 aliphatic heterocycles. The first kappa shape index (κ1) is 61.1. The molecule has 0 radical (unpaired) electrons. The van der Waals surface area contributed by atoms with Crippen LogP contribution in [0.25, 0.3) is 0 Å². The quantitative estimate of drug-likeness (QED) is 0.0280. The van der Waals surface area contributed by atoms with Crippen LogP contribution in [0.3, 0.4) is 0 Å². The van der Waals surface area contributed by atoms with Gasteiger partial charge in [-0.2, -0.15) is 0 Å². The lowest BCUT2D eigenvalue weighted by molar-refractivity contribution is -0.153. The number of ether oxygens (including phenoxy) is 1. The van der Waals surface area contributed by atoms with Crippen molar-refractivity contribution in [1.82, 2.24) is 0 Å². The molecule has 374 valence electrons. The van der Waals surface area contributed by atoms with Gasteiger partial charge in [0.1, 0.15) is 0 Å². The molecule has 1 heterocycles. The highest BCUT2D eigenvalue weighted by atomic mass is 28.4. The Labute approximate surface area is 397 Å². The Morgan fingerprint density at radius 3 is 1.25 bits per heavy atom. The highest BCUT2D eigenvalue weighted by Gasteiger charge is 2.63. The molecule has 7 nitrogen and oxygen atoms in total. The zero-order chi connectivity index (χ0) is 49.2. The van der Waals surface area contributed by atoms with E-state index in [9.17, 15) is 9.59 Å². The summed E-state index contributed by atoms with van der Waals surface area (Å²) in [5.74, 6) is -1.16. The summed E-state index contributed by atoms with van der Waals surface area (Å²) in [4.78, 5) is 24.7. The highest BCUT2D eigenvalue weighted by molar-refractivity contribution is 6.82. The van der Waals surface area contributed by atoms with Gasteiger partial charge in [-0.25, -0.2) is 0 Å². The Balaban J connectivity index is 3.51. The van der Waals surface area contributed by atoms with Crippen LogP contribution in [0, 0.1) is 5.92 Å². The average molecular weight is 974 g/mol. The fourth-order valence-corrected chi connectivity index (χ4v) is 25.8. The van der Waals surface area contributed by atoms with Crippen LogP contribution in [-0.2, 0) is 32.0 Å². The summed E-state index contributed by atoms with van der Waals surface area (Å²) >= 11 is 0. The smallest absolute Gasteiger partial charge is 0.317 e. The first-order valence-corrected chi connectivity index (χ1v) is 40.9. The summed E-state index contributed by atoms with van der Waals surface area (Å²) in [6, 6.07) is 1.94. The summed E-state index contributed by atoms with van der Waals surface area (Å²) in [6.45, 7) is 54.1. The molecule has 0 aromatic rings. The molecule has 63 heavy (non-hydrogen) atoms. The van der Waals surface area contributed by atoms with Crippen LogP contribution < -0.4 is 0 Å². The lowest BCUT2D eigenvalue weighted by atomic mass is 9.93. The van der Waals surface area contributed by atoms with E-state index in [4.69, 9.17) is 22.4 Å². The molecule has 3 atom stereocenters. The number of rotatable bonds is 33. The Hall–Kier alpha value is 0.0644. The van der Waals surface area contributed by atoms with Gasteiger partial charge < -0.3 is 22.4 Å². The maximum absolute atomic E-state index is 12.6. The molecule has 0 aromatic carbocycles. The van der Waals surface area contributed by atoms with Crippen molar-refractivity contribution >= 4 is 53.3 Å². The van der Waals surface area contributed by atoms with Crippen molar-refractivity contribution in [3.05, 3.63) is 0 Å². The Morgan fingerprint density at radius 2 is 0.873 bits per heavy atom. The van der Waals surface area contributed by atoms with Crippen LogP contribution >= 0.6 is 0 Å².